The minimum absolute atomic E-state index is 0.283. The minimum atomic E-state index is -0.283. The first-order valence-corrected chi connectivity index (χ1v) is 7.01. The van der Waals surface area contributed by atoms with Crippen molar-refractivity contribution in [1.82, 2.24) is 0 Å². The first kappa shape index (κ1) is 16.3. The van der Waals surface area contributed by atoms with Crippen LogP contribution >= 0.6 is 0 Å². The standard InChI is InChI=1S/C15H24N2O3/c1-4-19-13-5-7-14(8-6-13)20-10-9-17(12(2)3)11-15(16)18/h5-8,12H,4,9-11H2,1-3H3,(H2,16,18)/p+1. The molecule has 1 amide bonds. The van der Waals surface area contributed by atoms with Gasteiger partial charge >= 0.3 is 0 Å². The Morgan fingerprint density at radius 2 is 1.75 bits per heavy atom. The molecule has 0 bridgehead atoms. The van der Waals surface area contributed by atoms with Gasteiger partial charge in [0.15, 0.2) is 6.54 Å². The molecule has 0 aromatic heterocycles. The van der Waals surface area contributed by atoms with Gasteiger partial charge in [-0.05, 0) is 45.0 Å². The average molecular weight is 281 g/mol. The molecule has 20 heavy (non-hydrogen) atoms. The van der Waals surface area contributed by atoms with Crippen molar-refractivity contribution >= 4 is 5.91 Å². The lowest BCUT2D eigenvalue weighted by molar-refractivity contribution is -0.913. The van der Waals surface area contributed by atoms with Crippen LogP contribution in [-0.4, -0.2) is 38.3 Å². The zero-order valence-electron chi connectivity index (χ0n) is 12.5. The van der Waals surface area contributed by atoms with E-state index < -0.39 is 0 Å². The number of ether oxygens (including phenoxy) is 2. The Morgan fingerprint density at radius 3 is 2.20 bits per heavy atom. The van der Waals surface area contributed by atoms with Gasteiger partial charge in [-0.1, -0.05) is 0 Å². The van der Waals surface area contributed by atoms with Crippen LogP contribution in [0, 0.1) is 0 Å². The molecule has 0 spiro atoms. The number of nitrogens with one attached hydrogen (secondary N) is 1. The normalized spacial score (nSPS) is 12.2. The summed E-state index contributed by atoms with van der Waals surface area (Å²) in [6.07, 6.45) is 0. The van der Waals surface area contributed by atoms with Gasteiger partial charge in [0.25, 0.3) is 5.91 Å². The highest BCUT2D eigenvalue weighted by atomic mass is 16.5. The quantitative estimate of drug-likeness (QED) is 0.681. The fraction of sp³-hybridized carbons (Fsp3) is 0.533. The largest absolute Gasteiger partial charge is 0.494 e. The van der Waals surface area contributed by atoms with Gasteiger partial charge in [-0.2, -0.15) is 0 Å². The number of hydrogen-bond donors (Lipinski definition) is 2. The highest BCUT2D eigenvalue weighted by molar-refractivity contribution is 5.74. The van der Waals surface area contributed by atoms with Gasteiger partial charge in [0.05, 0.1) is 12.6 Å². The molecule has 3 N–H and O–H groups in total. The summed E-state index contributed by atoms with van der Waals surface area (Å²) in [5.74, 6) is 1.36. The van der Waals surface area contributed by atoms with Gasteiger partial charge in [-0.25, -0.2) is 0 Å². The molecule has 0 radical (unpaired) electrons. The van der Waals surface area contributed by atoms with Gasteiger partial charge in [0.2, 0.25) is 0 Å². The third-order valence-corrected chi connectivity index (χ3v) is 3.04. The topological polar surface area (TPSA) is 66.0 Å². The number of carbonyl (C=O) groups excluding carboxylic acids is 1. The maximum Gasteiger partial charge on any atom is 0.272 e. The number of amides is 1. The molecule has 5 heteroatoms. The van der Waals surface area contributed by atoms with Crippen LogP contribution in [0.25, 0.3) is 0 Å². The predicted molar refractivity (Wildman–Crippen MR) is 78.1 cm³/mol. The van der Waals surface area contributed by atoms with Gasteiger partial charge in [-0.15, -0.1) is 0 Å². The van der Waals surface area contributed by atoms with Crippen molar-refractivity contribution < 1.29 is 19.2 Å². The highest BCUT2D eigenvalue weighted by Crippen LogP contribution is 2.17. The Kier molecular flexibility index (Phi) is 6.87. The monoisotopic (exact) mass is 281 g/mol. The smallest absolute Gasteiger partial charge is 0.272 e. The van der Waals surface area contributed by atoms with Crippen molar-refractivity contribution in [2.24, 2.45) is 5.73 Å². The molecular formula is C15H25N2O3+. The number of hydrogen-bond acceptors (Lipinski definition) is 3. The Hall–Kier alpha value is -1.75. The van der Waals surface area contributed by atoms with E-state index in [9.17, 15) is 4.79 Å². The lowest BCUT2D eigenvalue weighted by Crippen LogP contribution is -3.16. The highest BCUT2D eigenvalue weighted by Gasteiger charge is 2.15. The fourth-order valence-corrected chi connectivity index (χ4v) is 1.90. The van der Waals surface area contributed by atoms with Crippen LogP contribution < -0.4 is 20.1 Å². The molecule has 0 fully saturated rings. The fourth-order valence-electron chi connectivity index (χ4n) is 1.90. The summed E-state index contributed by atoms with van der Waals surface area (Å²) in [5.41, 5.74) is 5.24. The second kappa shape index (κ2) is 8.43. The Bertz CT molecular complexity index is 404. The van der Waals surface area contributed by atoms with Crippen molar-refractivity contribution in [1.29, 1.82) is 0 Å². The summed E-state index contributed by atoms with van der Waals surface area (Å²) in [5, 5.41) is 0. The van der Waals surface area contributed by atoms with Gasteiger partial charge < -0.3 is 20.1 Å². The van der Waals surface area contributed by atoms with E-state index in [-0.39, 0.29) is 5.91 Å². The van der Waals surface area contributed by atoms with Crippen LogP contribution in [0.15, 0.2) is 24.3 Å². The molecule has 0 heterocycles. The summed E-state index contributed by atoms with van der Waals surface area (Å²) in [7, 11) is 0. The zero-order chi connectivity index (χ0) is 15.0. The average Bonchev–Trinajstić information content (AvgIpc) is 2.39. The molecule has 1 aromatic carbocycles. The summed E-state index contributed by atoms with van der Waals surface area (Å²) >= 11 is 0. The van der Waals surface area contributed by atoms with Crippen molar-refractivity contribution in [3.63, 3.8) is 0 Å². The van der Waals surface area contributed by atoms with E-state index in [1.165, 1.54) is 0 Å². The van der Waals surface area contributed by atoms with Gasteiger partial charge in [-0.3, -0.25) is 4.79 Å². The van der Waals surface area contributed by atoms with Crippen LogP contribution in [0.2, 0.25) is 0 Å². The molecule has 1 aromatic rings. The van der Waals surface area contributed by atoms with Crippen LogP contribution in [0.3, 0.4) is 0 Å². The maximum absolute atomic E-state index is 11.0. The number of benzene rings is 1. The third-order valence-electron chi connectivity index (χ3n) is 3.04. The SMILES string of the molecule is CCOc1ccc(OCC[NH+](CC(N)=O)C(C)C)cc1. The Morgan fingerprint density at radius 1 is 1.20 bits per heavy atom. The molecule has 0 aliphatic rings. The Balaban J connectivity index is 2.40. The van der Waals surface area contributed by atoms with Crippen molar-refractivity contribution in [3.05, 3.63) is 24.3 Å². The Labute approximate surface area is 120 Å². The van der Waals surface area contributed by atoms with E-state index in [0.29, 0.717) is 25.8 Å². The molecule has 112 valence electrons. The molecule has 1 rings (SSSR count). The first-order chi connectivity index (χ1) is 9.52. The lowest BCUT2D eigenvalue weighted by Gasteiger charge is -2.22. The second-order valence-electron chi connectivity index (χ2n) is 4.96. The van der Waals surface area contributed by atoms with E-state index in [1.807, 2.05) is 31.2 Å². The van der Waals surface area contributed by atoms with Gasteiger partial charge in [0, 0.05) is 0 Å². The molecule has 0 aliphatic carbocycles. The number of quaternary nitrogens is 1. The van der Waals surface area contributed by atoms with Crippen LogP contribution in [0.5, 0.6) is 11.5 Å². The van der Waals surface area contributed by atoms with Crippen molar-refractivity contribution in [2.75, 3.05) is 26.3 Å². The third kappa shape index (κ3) is 5.93. The molecular weight excluding hydrogens is 256 g/mol. The molecule has 0 saturated heterocycles. The lowest BCUT2D eigenvalue weighted by atomic mass is 10.3. The number of primary amides is 1. The molecule has 5 nitrogen and oxygen atoms in total. The van der Waals surface area contributed by atoms with Crippen LogP contribution in [0.1, 0.15) is 20.8 Å². The summed E-state index contributed by atoms with van der Waals surface area (Å²) in [6, 6.07) is 7.87. The van der Waals surface area contributed by atoms with E-state index >= 15 is 0 Å². The van der Waals surface area contributed by atoms with Crippen molar-refractivity contribution in [2.45, 2.75) is 26.8 Å². The first-order valence-electron chi connectivity index (χ1n) is 7.01. The van der Waals surface area contributed by atoms with E-state index in [1.54, 1.807) is 0 Å². The summed E-state index contributed by atoms with van der Waals surface area (Å²) in [4.78, 5) is 12.1. The molecule has 0 aliphatic heterocycles. The predicted octanol–water partition coefficient (Wildman–Crippen LogP) is 0.243. The number of nitrogens with two attached hydrogens (primary N) is 1. The van der Waals surface area contributed by atoms with E-state index in [2.05, 4.69) is 13.8 Å². The van der Waals surface area contributed by atoms with E-state index in [4.69, 9.17) is 15.2 Å². The summed E-state index contributed by atoms with van der Waals surface area (Å²) < 4.78 is 11.0. The minimum Gasteiger partial charge on any atom is -0.494 e. The molecule has 1 unspecified atom stereocenters. The maximum atomic E-state index is 11.0. The van der Waals surface area contributed by atoms with Crippen LogP contribution in [-0.2, 0) is 4.79 Å². The number of rotatable bonds is 9. The molecule has 0 saturated carbocycles. The summed E-state index contributed by atoms with van der Waals surface area (Å²) in [6.45, 7) is 8.36. The van der Waals surface area contributed by atoms with E-state index in [0.717, 1.165) is 22.9 Å². The van der Waals surface area contributed by atoms with Gasteiger partial charge in [0.1, 0.15) is 24.7 Å². The number of carbonyl (C=O) groups is 1. The second-order valence-corrected chi connectivity index (χ2v) is 4.96. The zero-order valence-corrected chi connectivity index (χ0v) is 12.5. The molecule has 1 atom stereocenters. The van der Waals surface area contributed by atoms with Crippen molar-refractivity contribution in [3.8, 4) is 11.5 Å². The van der Waals surface area contributed by atoms with Crippen LogP contribution in [0.4, 0.5) is 0 Å².